The predicted octanol–water partition coefficient (Wildman–Crippen LogP) is 2.10. The SMILES string of the molecule is CCC(C)(C)SC(C)(C)C(N)C(=O)O. The molecule has 0 fully saturated rings. The van der Waals surface area contributed by atoms with Crippen molar-refractivity contribution in [3.8, 4) is 0 Å². The van der Waals surface area contributed by atoms with Gasteiger partial charge >= 0.3 is 5.97 Å². The molecule has 0 saturated heterocycles. The summed E-state index contributed by atoms with van der Waals surface area (Å²) in [5.74, 6) is -0.936. The molecule has 84 valence electrons. The van der Waals surface area contributed by atoms with Crippen molar-refractivity contribution in [3.63, 3.8) is 0 Å². The molecule has 14 heavy (non-hydrogen) atoms. The summed E-state index contributed by atoms with van der Waals surface area (Å²) in [6.07, 6.45) is 0.993. The van der Waals surface area contributed by atoms with Crippen molar-refractivity contribution in [2.24, 2.45) is 5.73 Å². The second kappa shape index (κ2) is 4.53. The molecule has 0 aromatic carbocycles. The quantitative estimate of drug-likeness (QED) is 0.743. The smallest absolute Gasteiger partial charge is 0.321 e. The molecule has 1 unspecified atom stereocenters. The molecule has 0 aliphatic heterocycles. The van der Waals surface area contributed by atoms with Crippen LogP contribution in [0.25, 0.3) is 0 Å². The lowest BCUT2D eigenvalue weighted by atomic mass is 10.0. The Balaban J connectivity index is 4.56. The minimum atomic E-state index is -0.936. The zero-order chi connectivity index (χ0) is 11.6. The van der Waals surface area contributed by atoms with E-state index in [4.69, 9.17) is 10.8 Å². The highest BCUT2D eigenvalue weighted by Crippen LogP contribution is 2.39. The molecule has 0 spiro atoms. The van der Waals surface area contributed by atoms with Crippen LogP contribution in [0.15, 0.2) is 0 Å². The fourth-order valence-corrected chi connectivity index (χ4v) is 2.94. The molecule has 1 atom stereocenters. The molecule has 0 aliphatic carbocycles. The van der Waals surface area contributed by atoms with Crippen LogP contribution >= 0.6 is 11.8 Å². The Morgan fingerprint density at radius 1 is 1.43 bits per heavy atom. The van der Waals surface area contributed by atoms with Crippen LogP contribution in [0.3, 0.4) is 0 Å². The first kappa shape index (κ1) is 13.8. The minimum absolute atomic E-state index is 0.0660. The van der Waals surface area contributed by atoms with E-state index < -0.39 is 16.8 Å². The molecule has 0 aromatic heterocycles. The third-order valence-corrected chi connectivity index (χ3v) is 4.03. The number of hydrogen-bond acceptors (Lipinski definition) is 3. The second-order valence-electron chi connectivity index (χ2n) is 4.63. The first-order chi connectivity index (χ1) is 6.12. The van der Waals surface area contributed by atoms with Crippen molar-refractivity contribution in [2.75, 3.05) is 0 Å². The van der Waals surface area contributed by atoms with Gasteiger partial charge in [-0.05, 0) is 20.3 Å². The highest BCUT2D eigenvalue weighted by Gasteiger charge is 2.37. The first-order valence-electron chi connectivity index (χ1n) is 4.81. The van der Waals surface area contributed by atoms with Crippen LogP contribution in [-0.2, 0) is 4.79 Å². The van der Waals surface area contributed by atoms with Crippen molar-refractivity contribution in [2.45, 2.75) is 56.6 Å². The molecule has 4 heteroatoms. The zero-order valence-electron chi connectivity index (χ0n) is 9.63. The van der Waals surface area contributed by atoms with Crippen LogP contribution in [-0.4, -0.2) is 26.6 Å². The minimum Gasteiger partial charge on any atom is -0.480 e. The van der Waals surface area contributed by atoms with Gasteiger partial charge in [0.1, 0.15) is 6.04 Å². The Kier molecular flexibility index (Phi) is 4.46. The van der Waals surface area contributed by atoms with E-state index in [1.165, 1.54) is 0 Å². The predicted molar refractivity (Wildman–Crippen MR) is 61.7 cm³/mol. The van der Waals surface area contributed by atoms with Gasteiger partial charge in [-0.3, -0.25) is 4.79 Å². The topological polar surface area (TPSA) is 63.3 Å². The lowest BCUT2D eigenvalue weighted by molar-refractivity contribution is -0.139. The van der Waals surface area contributed by atoms with E-state index in [0.29, 0.717) is 0 Å². The van der Waals surface area contributed by atoms with E-state index in [2.05, 4.69) is 20.8 Å². The normalized spacial score (nSPS) is 15.3. The zero-order valence-corrected chi connectivity index (χ0v) is 10.4. The summed E-state index contributed by atoms with van der Waals surface area (Å²) >= 11 is 1.63. The number of rotatable bonds is 5. The lowest BCUT2D eigenvalue weighted by Crippen LogP contribution is -2.48. The van der Waals surface area contributed by atoms with Gasteiger partial charge < -0.3 is 10.8 Å². The van der Waals surface area contributed by atoms with Crippen molar-refractivity contribution < 1.29 is 9.90 Å². The van der Waals surface area contributed by atoms with Crippen molar-refractivity contribution in [1.29, 1.82) is 0 Å². The number of carbonyl (C=O) groups is 1. The van der Waals surface area contributed by atoms with Gasteiger partial charge in [-0.15, -0.1) is 11.8 Å². The number of thioether (sulfide) groups is 1. The summed E-state index contributed by atoms with van der Waals surface area (Å²) in [5.41, 5.74) is 5.64. The van der Waals surface area contributed by atoms with Crippen LogP contribution in [0.2, 0.25) is 0 Å². The Hall–Kier alpha value is -0.220. The number of carboxylic acids is 1. The Labute approximate surface area is 90.4 Å². The van der Waals surface area contributed by atoms with Gasteiger partial charge in [-0.25, -0.2) is 0 Å². The van der Waals surface area contributed by atoms with Crippen LogP contribution in [0.1, 0.15) is 41.0 Å². The van der Waals surface area contributed by atoms with E-state index in [1.807, 2.05) is 13.8 Å². The molecular formula is C10H21NO2S. The molecule has 0 radical (unpaired) electrons. The molecular weight excluding hydrogens is 198 g/mol. The van der Waals surface area contributed by atoms with E-state index in [1.54, 1.807) is 11.8 Å². The number of aliphatic carboxylic acids is 1. The van der Waals surface area contributed by atoms with Gasteiger partial charge in [0.05, 0.1) is 0 Å². The fourth-order valence-electron chi connectivity index (χ4n) is 1.15. The molecule has 3 nitrogen and oxygen atoms in total. The maximum absolute atomic E-state index is 10.8. The van der Waals surface area contributed by atoms with Crippen molar-refractivity contribution in [3.05, 3.63) is 0 Å². The van der Waals surface area contributed by atoms with E-state index in [0.717, 1.165) is 6.42 Å². The molecule has 0 bridgehead atoms. The Morgan fingerprint density at radius 3 is 2.14 bits per heavy atom. The number of carboxylic acid groups (broad SMARTS) is 1. The van der Waals surface area contributed by atoms with Gasteiger partial charge in [-0.1, -0.05) is 20.8 Å². The third-order valence-electron chi connectivity index (χ3n) is 2.41. The summed E-state index contributed by atoms with van der Waals surface area (Å²) in [6, 6.07) is -0.821. The summed E-state index contributed by atoms with van der Waals surface area (Å²) in [4.78, 5) is 10.8. The molecule has 0 amide bonds. The maximum Gasteiger partial charge on any atom is 0.321 e. The fraction of sp³-hybridized carbons (Fsp3) is 0.900. The summed E-state index contributed by atoms with van der Waals surface area (Å²) in [5, 5.41) is 8.85. The van der Waals surface area contributed by atoms with Crippen LogP contribution in [0.4, 0.5) is 0 Å². The highest BCUT2D eigenvalue weighted by atomic mass is 32.2. The average Bonchev–Trinajstić information content (AvgIpc) is 2.01. The molecule has 0 rings (SSSR count). The Morgan fingerprint density at radius 2 is 1.86 bits per heavy atom. The van der Waals surface area contributed by atoms with Crippen LogP contribution in [0, 0.1) is 0 Å². The monoisotopic (exact) mass is 219 g/mol. The largest absolute Gasteiger partial charge is 0.480 e. The second-order valence-corrected chi connectivity index (χ2v) is 7.00. The van der Waals surface area contributed by atoms with Crippen LogP contribution in [0.5, 0.6) is 0 Å². The van der Waals surface area contributed by atoms with E-state index in [-0.39, 0.29) is 4.75 Å². The van der Waals surface area contributed by atoms with E-state index >= 15 is 0 Å². The summed E-state index contributed by atoms with van der Waals surface area (Å²) in [7, 11) is 0. The highest BCUT2D eigenvalue weighted by molar-refractivity contribution is 8.02. The molecule has 0 saturated carbocycles. The molecule has 3 N–H and O–H groups in total. The molecule has 0 aliphatic rings. The first-order valence-corrected chi connectivity index (χ1v) is 5.62. The summed E-state index contributed by atoms with van der Waals surface area (Å²) < 4.78 is -0.373. The molecule has 0 aromatic rings. The van der Waals surface area contributed by atoms with Gasteiger partial charge in [0.15, 0.2) is 0 Å². The number of hydrogen-bond donors (Lipinski definition) is 2. The van der Waals surface area contributed by atoms with E-state index in [9.17, 15) is 4.79 Å². The lowest BCUT2D eigenvalue weighted by Gasteiger charge is -2.36. The number of nitrogens with two attached hydrogens (primary N) is 1. The van der Waals surface area contributed by atoms with Gasteiger partial charge in [-0.2, -0.15) is 0 Å². The van der Waals surface area contributed by atoms with Crippen molar-refractivity contribution >= 4 is 17.7 Å². The Bertz CT molecular complexity index is 214. The molecule has 0 heterocycles. The third kappa shape index (κ3) is 3.88. The van der Waals surface area contributed by atoms with Gasteiger partial charge in [0.2, 0.25) is 0 Å². The van der Waals surface area contributed by atoms with Gasteiger partial charge in [0, 0.05) is 9.49 Å². The maximum atomic E-state index is 10.8. The van der Waals surface area contributed by atoms with Crippen molar-refractivity contribution in [1.82, 2.24) is 0 Å². The average molecular weight is 219 g/mol. The van der Waals surface area contributed by atoms with Gasteiger partial charge in [0.25, 0.3) is 0 Å². The summed E-state index contributed by atoms with van der Waals surface area (Å²) in [6.45, 7) is 10.1. The standard InChI is InChI=1S/C10H21NO2S/c1-6-9(2,3)14-10(4,5)7(11)8(12)13/h7H,6,11H2,1-5H3,(H,12,13). The van der Waals surface area contributed by atoms with Crippen LogP contribution < -0.4 is 5.73 Å².